The van der Waals surface area contributed by atoms with Crippen LogP contribution in [0.15, 0.2) is 12.4 Å². The Morgan fingerprint density at radius 3 is 2.62 bits per heavy atom. The average Bonchev–Trinajstić information content (AvgIpc) is 2.69. The molecule has 0 unspecified atom stereocenters. The smallest absolute Gasteiger partial charge is 0.256 e. The summed E-state index contributed by atoms with van der Waals surface area (Å²) in [4.78, 5) is 0. The number of aryl methyl sites for hydroxylation is 1. The fourth-order valence-corrected chi connectivity index (χ4v) is 1.88. The first kappa shape index (κ1) is 13.2. The van der Waals surface area contributed by atoms with Gasteiger partial charge in [-0.25, -0.2) is 9.13 Å². The maximum absolute atomic E-state index is 5.10. The van der Waals surface area contributed by atoms with Crippen molar-refractivity contribution < 1.29 is 14.0 Å². The van der Waals surface area contributed by atoms with Crippen LogP contribution in [0.3, 0.4) is 0 Å². The topological polar surface area (TPSA) is 27.3 Å². The Morgan fingerprint density at radius 1 is 1.25 bits per heavy atom. The molecule has 0 atom stereocenters. The van der Waals surface area contributed by atoms with E-state index in [0.29, 0.717) is 0 Å². The van der Waals surface area contributed by atoms with Crippen molar-refractivity contribution >= 4 is 0 Å². The quantitative estimate of drug-likeness (QED) is 0.490. The maximum Gasteiger partial charge on any atom is 0.256 e. The van der Waals surface area contributed by atoms with Crippen LogP contribution in [0.2, 0.25) is 0 Å². The first-order valence-corrected chi connectivity index (χ1v) is 5.88. The summed E-state index contributed by atoms with van der Waals surface area (Å²) in [6.07, 6.45) is 6.38. The van der Waals surface area contributed by atoms with E-state index in [1.807, 2.05) is 0 Å². The van der Waals surface area contributed by atoms with Gasteiger partial charge in [-0.1, -0.05) is 6.92 Å². The summed E-state index contributed by atoms with van der Waals surface area (Å²) in [6, 6.07) is 0. The first-order chi connectivity index (χ1) is 7.83. The third-order valence-electron chi connectivity index (χ3n) is 2.69. The highest BCUT2D eigenvalue weighted by atomic mass is 16.5. The summed E-state index contributed by atoms with van der Waals surface area (Å²) in [5.74, 6) is 1.35. The lowest BCUT2D eigenvalue weighted by molar-refractivity contribution is -0.704. The van der Waals surface area contributed by atoms with E-state index < -0.39 is 0 Å². The molecule has 0 aliphatic heterocycles. The number of imidazole rings is 1. The molecule has 1 heterocycles. The Kier molecular flexibility index (Phi) is 6.11. The van der Waals surface area contributed by atoms with Gasteiger partial charge in [0.05, 0.1) is 13.2 Å². The van der Waals surface area contributed by atoms with E-state index in [1.165, 1.54) is 5.82 Å². The number of hydrogen-bond acceptors (Lipinski definition) is 2. The standard InChI is InChI=1S/C12H23N2O2/c1-4-12-13(6-5-10-15-2)7-8-14(12)9-11-16-3/h7-8H,4-6,9-11H2,1-3H3/q+1. The summed E-state index contributed by atoms with van der Waals surface area (Å²) < 4.78 is 14.7. The highest BCUT2D eigenvalue weighted by Crippen LogP contribution is 1.98. The number of aromatic nitrogens is 2. The molecule has 0 N–H and O–H groups in total. The zero-order valence-electron chi connectivity index (χ0n) is 10.6. The van der Waals surface area contributed by atoms with Crippen molar-refractivity contribution in [3.8, 4) is 0 Å². The summed E-state index contributed by atoms with van der Waals surface area (Å²) in [5, 5.41) is 0. The van der Waals surface area contributed by atoms with Crippen molar-refractivity contribution in [2.75, 3.05) is 27.4 Å². The molecule has 0 aliphatic rings. The molecule has 16 heavy (non-hydrogen) atoms. The summed E-state index contributed by atoms with van der Waals surface area (Å²) in [6.45, 7) is 5.72. The Bertz CT molecular complexity index is 297. The van der Waals surface area contributed by atoms with Gasteiger partial charge in [0.15, 0.2) is 0 Å². The van der Waals surface area contributed by atoms with E-state index in [1.54, 1.807) is 14.2 Å². The number of ether oxygens (including phenoxy) is 2. The molecule has 1 aromatic rings. The fraction of sp³-hybridized carbons (Fsp3) is 0.750. The SMILES string of the molecule is CCc1n(CCOC)cc[n+]1CCCOC. The second kappa shape index (κ2) is 7.41. The van der Waals surface area contributed by atoms with Crippen molar-refractivity contribution in [3.63, 3.8) is 0 Å². The Morgan fingerprint density at radius 2 is 2.00 bits per heavy atom. The van der Waals surface area contributed by atoms with Crippen LogP contribution in [0.25, 0.3) is 0 Å². The molecule has 0 amide bonds. The van der Waals surface area contributed by atoms with Crippen LogP contribution in [-0.4, -0.2) is 32.0 Å². The third-order valence-corrected chi connectivity index (χ3v) is 2.69. The molecular weight excluding hydrogens is 204 g/mol. The second-order valence-electron chi connectivity index (χ2n) is 3.79. The lowest BCUT2D eigenvalue weighted by atomic mass is 10.4. The van der Waals surface area contributed by atoms with E-state index in [9.17, 15) is 0 Å². The van der Waals surface area contributed by atoms with E-state index in [4.69, 9.17) is 9.47 Å². The number of methoxy groups -OCH3 is 2. The number of nitrogens with zero attached hydrogens (tertiary/aromatic N) is 2. The molecule has 1 rings (SSSR count). The Hall–Kier alpha value is -0.870. The van der Waals surface area contributed by atoms with Gasteiger partial charge in [-0.2, -0.15) is 0 Å². The minimum Gasteiger partial charge on any atom is -0.385 e. The molecular formula is C12H23N2O2+. The zero-order chi connectivity index (χ0) is 11.8. The van der Waals surface area contributed by atoms with Gasteiger partial charge < -0.3 is 9.47 Å². The highest BCUT2D eigenvalue weighted by Gasteiger charge is 2.14. The average molecular weight is 227 g/mol. The normalized spacial score (nSPS) is 10.9. The summed E-state index contributed by atoms with van der Waals surface area (Å²) in [7, 11) is 3.48. The van der Waals surface area contributed by atoms with Crippen LogP contribution >= 0.6 is 0 Å². The van der Waals surface area contributed by atoms with Gasteiger partial charge in [0.2, 0.25) is 0 Å². The van der Waals surface area contributed by atoms with E-state index in [2.05, 4.69) is 28.5 Å². The Labute approximate surface area is 97.8 Å². The maximum atomic E-state index is 5.10. The molecule has 0 radical (unpaired) electrons. The second-order valence-corrected chi connectivity index (χ2v) is 3.79. The molecule has 0 aromatic carbocycles. The molecule has 4 heteroatoms. The molecule has 0 aliphatic carbocycles. The van der Waals surface area contributed by atoms with Crippen molar-refractivity contribution in [1.29, 1.82) is 0 Å². The minimum absolute atomic E-state index is 0.764. The van der Waals surface area contributed by atoms with E-state index >= 15 is 0 Å². The summed E-state index contributed by atoms with van der Waals surface area (Å²) >= 11 is 0. The van der Waals surface area contributed by atoms with Crippen LogP contribution < -0.4 is 4.57 Å². The predicted octanol–water partition coefficient (Wildman–Crippen LogP) is 1.02. The van der Waals surface area contributed by atoms with Crippen molar-refractivity contribution in [2.45, 2.75) is 32.9 Å². The minimum atomic E-state index is 0.764. The highest BCUT2D eigenvalue weighted by molar-refractivity contribution is 4.82. The van der Waals surface area contributed by atoms with Crippen LogP contribution in [0.5, 0.6) is 0 Å². The van der Waals surface area contributed by atoms with Gasteiger partial charge in [0.25, 0.3) is 5.82 Å². The summed E-state index contributed by atoms with van der Waals surface area (Å²) in [5.41, 5.74) is 0. The van der Waals surface area contributed by atoms with Gasteiger partial charge in [-0.3, -0.25) is 0 Å². The van der Waals surface area contributed by atoms with Crippen LogP contribution in [-0.2, 0) is 29.0 Å². The first-order valence-electron chi connectivity index (χ1n) is 5.88. The lowest BCUT2D eigenvalue weighted by Gasteiger charge is -2.03. The monoisotopic (exact) mass is 227 g/mol. The number of rotatable bonds is 8. The van der Waals surface area contributed by atoms with Crippen LogP contribution in [0.1, 0.15) is 19.2 Å². The third kappa shape index (κ3) is 3.61. The predicted molar refractivity (Wildman–Crippen MR) is 62.4 cm³/mol. The van der Waals surface area contributed by atoms with E-state index in [-0.39, 0.29) is 0 Å². The van der Waals surface area contributed by atoms with Gasteiger partial charge in [0.1, 0.15) is 18.9 Å². The van der Waals surface area contributed by atoms with E-state index in [0.717, 1.165) is 39.1 Å². The van der Waals surface area contributed by atoms with Crippen LogP contribution in [0, 0.1) is 0 Å². The largest absolute Gasteiger partial charge is 0.385 e. The molecule has 1 aromatic heterocycles. The van der Waals surface area contributed by atoms with Crippen molar-refractivity contribution in [3.05, 3.63) is 18.2 Å². The van der Waals surface area contributed by atoms with Gasteiger partial charge in [-0.15, -0.1) is 0 Å². The van der Waals surface area contributed by atoms with Crippen molar-refractivity contribution in [1.82, 2.24) is 4.57 Å². The number of hydrogen-bond donors (Lipinski definition) is 0. The fourth-order valence-electron chi connectivity index (χ4n) is 1.88. The molecule has 92 valence electrons. The molecule has 0 spiro atoms. The lowest BCUT2D eigenvalue weighted by Crippen LogP contribution is -2.37. The molecule has 0 saturated carbocycles. The van der Waals surface area contributed by atoms with Gasteiger partial charge >= 0.3 is 0 Å². The van der Waals surface area contributed by atoms with Crippen molar-refractivity contribution in [2.24, 2.45) is 0 Å². The molecule has 0 bridgehead atoms. The van der Waals surface area contributed by atoms with Gasteiger partial charge in [-0.05, 0) is 0 Å². The zero-order valence-corrected chi connectivity index (χ0v) is 10.6. The van der Waals surface area contributed by atoms with Crippen LogP contribution in [0.4, 0.5) is 0 Å². The molecule has 0 fully saturated rings. The molecule has 4 nitrogen and oxygen atoms in total. The molecule has 0 saturated heterocycles. The van der Waals surface area contributed by atoms with Gasteiger partial charge in [0, 0.05) is 33.7 Å². The Balaban J connectivity index is 2.58.